The smallest absolute Gasteiger partial charge is 0.315 e. The fourth-order valence-corrected chi connectivity index (χ4v) is 3.96. The molecule has 0 aliphatic carbocycles. The van der Waals surface area contributed by atoms with Gasteiger partial charge < -0.3 is 15.7 Å². The third-order valence-corrected chi connectivity index (χ3v) is 5.43. The number of hydrogen-bond donors (Lipinski definition) is 3. The van der Waals surface area contributed by atoms with Gasteiger partial charge in [-0.3, -0.25) is 0 Å². The topological polar surface area (TPSA) is 61.4 Å². The van der Waals surface area contributed by atoms with Gasteiger partial charge in [0.2, 0.25) is 0 Å². The fourth-order valence-electron chi connectivity index (χ4n) is 2.39. The lowest BCUT2D eigenvalue weighted by Gasteiger charge is -2.27. The predicted molar refractivity (Wildman–Crippen MR) is 98.3 cm³/mol. The van der Waals surface area contributed by atoms with Crippen LogP contribution in [-0.2, 0) is 12.1 Å². The molecule has 3 N–H and O–H groups in total. The molecule has 0 saturated carbocycles. The second-order valence-corrected chi connectivity index (χ2v) is 7.10. The lowest BCUT2D eigenvalue weighted by molar-refractivity contribution is 0.0863. The molecule has 4 nitrogen and oxygen atoms in total. The molecule has 1 aromatic carbocycles. The van der Waals surface area contributed by atoms with Crippen LogP contribution in [-0.4, -0.2) is 17.7 Å². The van der Waals surface area contributed by atoms with Crippen molar-refractivity contribution < 1.29 is 9.90 Å². The molecule has 3 rings (SSSR count). The minimum absolute atomic E-state index is 0.116. The summed E-state index contributed by atoms with van der Waals surface area (Å²) in [7, 11) is 0. The zero-order valence-electron chi connectivity index (χ0n) is 12.9. The molecule has 0 aliphatic heterocycles. The van der Waals surface area contributed by atoms with Crippen molar-refractivity contribution in [2.24, 2.45) is 0 Å². The maximum Gasteiger partial charge on any atom is 0.315 e. The minimum atomic E-state index is -1.21. The summed E-state index contributed by atoms with van der Waals surface area (Å²) in [6.45, 7) is 0.563. The first-order valence-electron chi connectivity index (χ1n) is 7.53. The minimum Gasteiger partial charge on any atom is -0.378 e. The Kier molecular flexibility index (Phi) is 5.30. The van der Waals surface area contributed by atoms with Gasteiger partial charge >= 0.3 is 6.03 Å². The SMILES string of the molecule is O=C(NCc1ccccc1)NCC(O)(c1ccsc1)c1cccs1. The van der Waals surface area contributed by atoms with Gasteiger partial charge in [0.25, 0.3) is 0 Å². The van der Waals surface area contributed by atoms with Gasteiger partial charge in [-0.05, 0) is 33.8 Å². The third kappa shape index (κ3) is 3.84. The van der Waals surface area contributed by atoms with E-state index in [-0.39, 0.29) is 12.6 Å². The van der Waals surface area contributed by atoms with Crippen molar-refractivity contribution in [3.63, 3.8) is 0 Å². The highest BCUT2D eigenvalue weighted by atomic mass is 32.1. The van der Waals surface area contributed by atoms with Crippen LogP contribution in [0, 0.1) is 0 Å². The zero-order chi connectivity index (χ0) is 16.8. The molecule has 0 fully saturated rings. The summed E-state index contributed by atoms with van der Waals surface area (Å²) in [6, 6.07) is 15.1. The monoisotopic (exact) mass is 358 g/mol. The number of urea groups is 1. The number of carbonyl (C=O) groups excluding carboxylic acids is 1. The molecule has 0 saturated heterocycles. The van der Waals surface area contributed by atoms with Crippen molar-refractivity contribution in [2.45, 2.75) is 12.1 Å². The third-order valence-electron chi connectivity index (χ3n) is 3.73. The number of aliphatic hydroxyl groups is 1. The fraction of sp³-hybridized carbons (Fsp3) is 0.167. The van der Waals surface area contributed by atoms with Crippen LogP contribution in [0.3, 0.4) is 0 Å². The lowest BCUT2D eigenvalue weighted by Crippen LogP contribution is -2.44. The van der Waals surface area contributed by atoms with E-state index in [2.05, 4.69) is 10.6 Å². The molecule has 2 aromatic heterocycles. The van der Waals surface area contributed by atoms with Gasteiger partial charge in [-0.25, -0.2) is 4.79 Å². The van der Waals surface area contributed by atoms with Crippen LogP contribution < -0.4 is 10.6 Å². The molecule has 124 valence electrons. The van der Waals surface area contributed by atoms with E-state index in [0.29, 0.717) is 6.54 Å². The van der Waals surface area contributed by atoms with Crippen molar-refractivity contribution in [3.05, 3.63) is 80.7 Å². The van der Waals surface area contributed by atoms with Crippen LogP contribution in [0.4, 0.5) is 4.79 Å². The molecule has 2 amide bonds. The van der Waals surface area contributed by atoms with Gasteiger partial charge in [-0.2, -0.15) is 11.3 Å². The van der Waals surface area contributed by atoms with E-state index in [1.807, 2.05) is 64.7 Å². The maximum absolute atomic E-state index is 12.1. The Bertz CT molecular complexity index is 721. The van der Waals surface area contributed by atoms with E-state index in [1.54, 1.807) is 0 Å². The molecule has 0 spiro atoms. The van der Waals surface area contributed by atoms with Crippen molar-refractivity contribution >= 4 is 28.7 Å². The van der Waals surface area contributed by atoms with Gasteiger partial charge in [0, 0.05) is 17.0 Å². The van der Waals surface area contributed by atoms with Crippen LogP contribution in [0.1, 0.15) is 16.0 Å². The molecular weight excluding hydrogens is 340 g/mol. The largest absolute Gasteiger partial charge is 0.378 e. The number of benzene rings is 1. The molecule has 1 unspecified atom stereocenters. The Balaban J connectivity index is 1.63. The summed E-state index contributed by atoms with van der Waals surface area (Å²) in [6.07, 6.45) is 0. The average Bonchev–Trinajstić information content (AvgIpc) is 3.32. The number of nitrogens with one attached hydrogen (secondary N) is 2. The van der Waals surface area contributed by atoms with Crippen molar-refractivity contribution in [1.82, 2.24) is 10.6 Å². The number of carbonyl (C=O) groups is 1. The zero-order valence-corrected chi connectivity index (χ0v) is 14.6. The first kappa shape index (κ1) is 16.7. The molecule has 6 heteroatoms. The van der Waals surface area contributed by atoms with E-state index >= 15 is 0 Å². The highest BCUT2D eigenvalue weighted by Crippen LogP contribution is 2.33. The summed E-state index contributed by atoms with van der Waals surface area (Å²) >= 11 is 2.99. The van der Waals surface area contributed by atoms with E-state index in [9.17, 15) is 9.90 Å². The molecule has 0 aliphatic rings. The molecule has 0 bridgehead atoms. The van der Waals surface area contributed by atoms with Gasteiger partial charge in [0.15, 0.2) is 0 Å². The second-order valence-electron chi connectivity index (χ2n) is 5.37. The molecule has 24 heavy (non-hydrogen) atoms. The van der Waals surface area contributed by atoms with Crippen LogP contribution in [0.2, 0.25) is 0 Å². The van der Waals surface area contributed by atoms with Gasteiger partial charge in [-0.1, -0.05) is 36.4 Å². The van der Waals surface area contributed by atoms with Crippen molar-refractivity contribution in [2.75, 3.05) is 6.54 Å². The Morgan fingerprint density at radius 2 is 1.88 bits per heavy atom. The summed E-state index contributed by atoms with van der Waals surface area (Å²) in [5, 5.41) is 22.5. The first-order chi connectivity index (χ1) is 11.7. The van der Waals surface area contributed by atoms with Crippen LogP contribution in [0.25, 0.3) is 0 Å². The Hall–Kier alpha value is -2.15. The van der Waals surface area contributed by atoms with E-state index < -0.39 is 5.60 Å². The molecule has 3 aromatic rings. The molecule has 0 radical (unpaired) electrons. The van der Waals surface area contributed by atoms with Crippen LogP contribution in [0.15, 0.2) is 64.7 Å². The Labute approximate surface area is 148 Å². The summed E-state index contributed by atoms with van der Waals surface area (Å²) in [4.78, 5) is 12.9. The van der Waals surface area contributed by atoms with Gasteiger partial charge in [0.05, 0.1) is 6.54 Å². The summed E-state index contributed by atoms with van der Waals surface area (Å²) < 4.78 is 0. The lowest BCUT2D eigenvalue weighted by atomic mass is 9.94. The van der Waals surface area contributed by atoms with E-state index in [1.165, 1.54) is 22.7 Å². The number of rotatable bonds is 6. The Morgan fingerprint density at radius 3 is 2.54 bits per heavy atom. The highest BCUT2D eigenvalue weighted by molar-refractivity contribution is 7.10. The van der Waals surface area contributed by atoms with Crippen LogP contribution >= 0.6 is 22.7 Å². The molecule has 2 heterocycles. The predicted octanol–water partition coefficient (Wildman–Crippen LogP) is 3.54. The average molecular weight is 358 g/mol. The van der Waals surface area contributed by atoms with E-state index in [4.69, 9.17) is 0 Å². The quantitative estimate of drug-likeness (QED) is 0.631. The molecular formula is C18H18N2O2S2. The summed E-state index contributed by atoms with van der Waals surface area (Å²) in [5.41, 5.74) is 0.607. The number of thiophene rings is 2. The van der Waals surface area contributed by atoms with Gasteiger partial charge in [-0.15, -0.1) is 11.3 Å². The Morgan fingerprint density at radius 1 is 1.04 bits per heavy atom. The first-order valence-corrected chi connectivity index (χ1v) is 9.35. The van der Waals surface area contributed by atoms with Crippen molar-refractivity contribution in [3.8, 4) is 0 Å². The highest BCUT2D eigenvalue weighted by Gasteiger charge is 2.33. The van der Waals surface area contributed by atoms with Crippen molar-refractivity contribution in [1.29, 1.82) is 0 Å². The van der Waals surface area contributed by atoms with Gasteiger partial charge in [0.1, 0.15) is 5.60 Å². The maximum atomic E-state index is 12.1. The number of hydrogen-bond acceptors (Lipinski definition) is 4. The van der Waals surface area contributed by atoms with E-state index in [0.717, 1.165) is 16.0 Å². The summed E-state index contributed by atoms with van der Waals surface area (Å²) in [5.74, 6) is 0. The van der Waals surface area contributed by atoms with Crippen LogP contribution in [0.5, 0.6) is 0 Å². The number of amides is 2. The normalized spacial score (nSPS) is 13.2. The second kappa shape index (κ2) is 7.61. The molecule has 1 atom stereocenters. The standard InChI is InChI=1S/C18H18N2O2S2/c21-17(19-11-14-5-2-1-3-6-14)20-13-18(22,15-8-10-23-12-15)16-7-4-9-24-16/h1-10,12,22H,11,13H2,(H2,19,20,21).